The van der Waals surface area contributed by atoms with Gasteiger partial charge in [-0.25, -0.2) is 0 Å². The molecule has 2 aromatic carbocycles. The van der Waals surface area contributed by atoms with Gasteiger partial charge in [-0.3, -0.25) is 0 Å². The Morgan fingerprint density at radius 3 is 1.69 bits per heavy atom. The summed E-state index contributed by atoms with van der Waals surface area (Å²) < 4.78 is 0. The van der Waals surface area contributed by atoms with Gasteiger partial charge in [-0.2, -0.15) is 0 Å². The van der Waals surface area contributed by atoms with Crippen LogP contribution in [0.5, 0.6) is 0 Å². The van der Waals surface area contributed by atoms with Crippen molar-refractivity contribution in [2.24, 2.45) is 0 Å². The third-order valence-corrected chi connectivity index (χ3v) is 2.94. The van der Waals surface area contributed by atoms with Crippen LogP contribution in [-0.2, 0) is 0 Å². The second kappa shape index (κ2) is 4.95. The van der Waals surface area contributed by atoms with Crippen LogP contribution < -0.4 is 0 Å². The van der Waals surface area contributed by atoms with Crippen molar-refractivity contribution in [3.63, 3.8) is 0 Å². The minimum Gasteiger partial charge on any atom is -0.388 e. The summed E-state index contributed by atoms with van der Waals surface area (Å²) >= 11 is 0. The number of rotatable bonds is 3. The summed E-state index contributed by atoms with van der Waals surface area (Å²) in [5.74, 6) is 0.114. The molecule has 0 saturated carbocycles. The van der Waals surface area contributed by atoms with Gasteiger partial charge in [0, 0.05) is 5.92 Å². The van der Waals surface area contributed by atoms with E-state index in [9.17, 15) is 5.11 Å². The van der Waals surface area contributed by atoms with Crippen LogP contribution in [0.3, 0.4) is 0 Å². The van der Waals surface area contributed by atoms with E-state index in [4.69, 9.17) is 0 Å². The summed E-state index contributed by atoms with van der Waals surface area (Å²) in [6.07, 6.45) is -0.441. The number of benzene rings is 2. The maximum Gasteiger partial charge on any atom is 0.0855 e. The first-order chi connectivity index (χ1) is 7.79. The standard InChI is InChI=1S/C15H16O/c1-12(13-8-4-2-5-9-13)15(16)14-10-6-3-7-11-14/h2-12,15-16H,1H3/t12-,15?/m0/s1. The Bertz CT molecular complexity index is 378. The lowest BCUT2D eigenvalue weighted by Crippen LogP contribution is -2.07. The minimum atomic E-state index is -0.441. The summed E-state index contributed by atoms with van der Waals surface area (Å²) in [5.41, 5.74) is 2.14. The van der Waals surface area contributed by atoms with Crippen molar-refractivity contribution in [2.75, 3.05) is 0 Å². The van der Waals surface area contributed by atoms with Crippen LogP contribution in [0, 0.1) is 0 Å². The molecule has 0 aromatic heterocycles. The molecule has 0 fully saturated rings. The molecule has 16 heavy (non-hydrogen) atoms. The van der Waals surface area contributed by atoms with E-state index >= 15 is 0 Å². The molecule has 0 spiro atoms. The fourth-order valence-electron chi connectivity index (χ4n) is 1.88. The Labute approximate surface area is 96.4 Å². The van der Waals surface area contributed by atoms with Gasteiger partial charge in [0.25, 0.3) is 0 Å². The zero-order chi connectivity index (χ0) is 11.4. The van der Waals surface area contributed by atoms with Gasteiger partial charge in [0.15, 0.2) is 0 Å². The second-order valence-electron chi connectivity index (χ2n) is 4.05. The van der Waals surface area contributed by atoms with Gasteiger partial charge < -0.3 is 5.11 Å². The predicted octanol–water partition coefficient (Wildman–Crippen LogP) is 3.52. The van der Waals surface area contributed by atoms with E-state index in [1.54, 1.807) is 0 Å². The molecule has 1 unspecified atom stereocenters. The van der Waals surface area contributed by atoms with Gasteiger partial charge in [0.05, 0.1) is 6.10 Å². The first kappa shape index (κ1) is 10.9. The van der Waals surface area contributed by atoms with Gasteiger partial charge in [-0.15, -0.1) is 0 Å². The number of aliphatic hydroxyl groups is 1. The van der Waals surface area contributed by atoms with Crippen molar-refractivity contribution in [3.05, 3.63) is 71.8 Å². The van der Waals surface area contributed by atoms with Crippen LogP contribution in [0.25, 0.3) is 0 Å². The molecule has 0 amide bonds. The van der Waals surface area contributed by atoms with E-state index in [0.717, 1.165) is 5.56 Å². The van der Waals surface area contributed by atoms with Gasteiger partial charge in [0.2, 0.25) is 0 Å². The summed E-state index contributed by atoms with van der Waals surface area (Å²) in [7, 11) is 0. The van der Waals surface area contributed by atoms with Crippen molar-refractivity contribution in [1.29, 1.82) is 0 Å². The second-order valence-corrected chi connectivity index (χ2v) is 4.05. The van der Waals surface area contributed by atoms with E-state index in [2.05, 4.69) is 12.1 Å². The van der Waals surface area contributed by atoms with E-state index in [-0.39, 0.29) is 5.92 Å². The van der Waals surface area contributed by atoms with Crippen molar-refractivity contribution in [2.45, 2.75) is 18.9 Å². The Kier molecular flexibility index (Phi) is 3.37. The number of hydrogen-bond donors (Lipinski definition) is 1. The maximum atomic E-state index is 10.2. The SMILES string of the molecule is C[C@@H](c1ccccc1)C(O)c1ccccc1. The lowest BCUT2D eigenvalue weighted by molar-refractivity contribution is 0.151. The molecular weight excluding hydrogens is 196 g/mol. The molecule has 0 aliphatic rings. The van der Waals surface area contributed by atoms with E-state index < -0.39 is 6.10 Å². The van der Waals surface area contributed by atoms with Crippen LogP contribution in [0.4, 0.5) is 0 Å². The molecule has 1 N–H and O–H groups in total. The van der Waals surface area contributed by atoms with Crippen LogP contribution in [0.15, 0.2) is 60.7 Å². The predicted molar refractivity (Wildman–Crippen MR) is 66.3 cm³/mol. The molecule has 0 aliphatic heterocycles. The molecule has 0 aliphatic carbocycles. The molecule has 0 radical (unpaired) electrons. The highest BCUT2D eigenvalue weighted by Crippen LogP contribution is 2.29. The number of hydrogen-bond acceptors (Lipinski definition) is 1. The minimum absolute atomic E-state index is 0.114. The first-order valence-corrected chi connectivity index (χ1v) is 5.57. The normalized spacial score (nSPS) is 14.4. The van der Waals surface area contributed by atoms with E-state index in [1.165, 1.54) is 5.56 Å². The molecular formula is C15H16O. The Balaban J connectivity index is 2.20. The van der Waals surface area contributed by atoms with Crippen molar-refractivity contribution >= 4 is 0 Å². The lowest BCUT2D eigenvalue weighted by Gasteiger charge is -2.19. The van der Waals surface area contributed by atoms with Crippen LogP contribution in [-0.4, -0.2) is 5.11 Å². The monoisotopic (exact) mass is 212 g/mol. The van der Waals surface area contributed by atoms with Crippen molar-refractivity contribution in [1.82, 2.24) is 0 Å². The van der Waals surface area contributed by atoms with Crippen molar-refractivity contribution < 1.29 is 5.11 Å². The molecule has 0 saturated heterocycles. The highest BCUT2D eigenvalue weighted by molar-refractivity contribution is 5.25. The van der Waals surface area contributed by atoms with Gasteiger partial charge >= 0.3 is 0 Å². The Morgan fingerprint density at radius 2 is 1.19 bits per heavy atom. The van der Waals surface area contributed by atoms with E-state index in [1.807, 2.05) is 55.5 Å². The van der Waals surface area contributed by atoms with Gasteiger partial charge in [-0.05, 0) is 11.1 Å². The molecule has 2 rings (SSSR count). The maximum absolute atomic E-state index is 10.2. The van der Waals surface area contributed by atoms with Crippen LogP contribution in [0.1, 0.15) is 30.1 Å². The molecule has 2 aromatic rings. The third kappa shape index (κ3) is 2.31. The highest BCUT2D eigenvalue weighted by atomic mass is 16.3. The average molecular weight is 212 g/mol. The summed E-state index contributed by atoms with van der Waals surface area (Å²) in [6.45, 7) is 2.05. The molecule has 1 heteroatoms. The largest absolute Gasteiger partial charge is 0.388 e. The zero-order valence-corrected chi connectivity index (χ0v) is 9.38. The summed E-state index contributed by atoms with van der Waals surface area (Å²) in [4.78, 5) is 0. The van der Waals surface area contributed by atoms with E-state index in [0.29, 0.717) is 0 Å². The van der Waals surface area contributed by atoms with Crippen molar-refractivity contribution in [3.8, 4) is 0 Å². The average Bonchev–Trinajstić information content (AvgIpc) is 2.39. The van der Waals surface area contributed by atoms with Gasteiger partial charge in [0.1, 0.15) is 0 Å². The zero-order valence-electron chi connectivity index (χ0n) is 9.38. The molecule has 1 nitrogen and oxygen atoms in total. The first-order valence-electron chi connectivity index (χ1n) is 5.57. The van der Waals surface area contributed by atoms with Crippen LogP contribution in [0.2, 0.25) is 0 Å². The quantitative estimate of drug-likeness (QED) is 0.825. The Hall–Kier alpha value is -1.60. The summed E-state index contributed by atoms with van der Waals surface area (Å²) in [5, 5.41) is 10.2. The molecule has 0 heterocycles. The third-order valence-electron chi connectivity index (χ3n) is 2.94. The smallest absolute Gasteiger partial charge is 0.0855 e. The molecule has 0 bridgehead atoms. The Morgan fingerprint density at radius 1 is 0.750 bits per heavy atom. The lowest BCUT2D eigenvalue weighted by atomic mass is 9.91. The fraction of sp³-hybridized carbons (Fsp3) is 0.200. The molecule has 82 valence electrons. The highest BCUT2D eigenvalue weighted by Gasteiger charge is 2.17. The summed E-state index contributed by atoms with van der Waals surface area (Å²) in [6, 6.07) is 19.9. The number of aliphatic hydroxyl groups excluding tert-OH is 1. The molecule has 2 atom stereocenters. The topological polar surface area (TPSA) is 20.2 Å². The fourth-order valence-corrected chi connectivity index (χ4v) is 1.88. The van der Waals surface area contributed by atoms with Gasteiger partial charge in [-0.1, -0.05) is 67.6 Å². The van der Waals surface area contributed by atoms with Crippen LogP contribution >= 0.6 is 0 Å².